The maximum atomic E-state index is 3.56. The van der Waals surface area contributed by atoms with Crippen molar-refractivity contribution >= 4 is 0 Å². The first kappa shape index (κ1) is 16.5. The van der Waals surface area contributed by atoms with Crippen LogP contribution in [0.4, 0.5) is 0 Å². The summed E-state index contributed by atoms with van der Waals surface area (Å²) in [5.74, 6) is 0. The lowest BCUT2D eigenvalue weighted by Gasteiger charge is -2.28. The molecule has 1 aliphatic rings. The third-order valence-corrected chi connectivity index (χ3v) is 4.27. The molecule has 0 unspecified atom stereocenters. The SMILES string of the molecule is CC(C)(C)NCCCCCCN1CCc2ccccc2C1. The van der Waals surface area contributed by atoms with Gasteiger partial charge in [-0.15, -0.1) is 0 Å². The summed E-state index contributed by atoms with van der Waals surface area (Å²) in [6.45, 7) is 11.5. The van der Waals surface area contributed by atoms with Crippen LogP contribution in [0, 0.1) is 0 Å². The monoisotopic (exact) mass is 288 g/mol. The van der Waals surface area contributed by atoms with Gasteiger partial charge >= 0.3 is 0 Å². The second-order valence-electron chi connectivity index (χ2n) is 7.39. The number of unbranched alkanes of at least 4 members (excludes halogenated alkanes) is 3. The largest absolute Gasteiger partial charge is 0.312 e. The lowest BCUT2D eigenvalue weighted by atomic mass is 10.00. The molecule has 1 N–H and O–H groups in total. The normalized spacial score (nSPS) is 16.0. The number of benzene rings is 1. The maximum Gasteiger partial charge on any atom is 0.0236 e. The highest BCUT2D eigenvalue weighted by Crippen LogP contribution is 2.18. The van der Waals surface area contributed by atoms with Crippen molar-refractivity contribution in [2.45, 2.75) is 65.0 Å². The Morgan fingerprint density at radius 3 is 2.48 bits per heavy atom. The molecule has 0 bridgehead atoms. The minimum absolute atomic E-state index is 0.265. The Labute approximate surface area is 130 Å². The second-order valence-corrected chi connectivity index (χ2v) is 7.39. The van der Waals surface area contributed by atoms with Crippen LogP contribution in [0.3, 0.4) is 0 Å². The van der Waals surface area contributed by atoms with E-state index in [0.717, 1.165) is 13.1 Å². The van der Waals surface area contributed by atoms with Gasteiger partial charge in [-0.3, -0.25) is 4.90 Å². The van der Waals surface area contributed by atoms with E-state index in [4.69, 9.17) is 0 Å². The Bertz CT molecular complexity index is 420. The van der Waals surface area contributed by atoms with Crippen LogP contribution in [-0.2, 0) is 13.0 Å². The molecule has 0 spiro atoms. The van der Waals surface area contributed by atoms with E-state index < -0.39 is 0 Å². The third-order valence-electron chi connectivity index (χ3n) is 4.27. The predicted octanol–water partition coefficient (Wildman–Crippen LogP) is 3.99. The summed E-state index contributed by atoms with van der Waals surface area (Å²) in [6.07, 6.45) is 6.60. The van der Waals surface area contributed by atoms with Crippen molar-refractivity contribution in [3.05, 3.63) is 35.4 Å². The van der Waals surface area contributed by atoms with Gasteiger partial charge in [0.15, 0.2) is 0 Å². The Hall–Kier alpha value is -0.860. The first-order valence-corrected chi connectivity index (χ1v) is 8.59. The number of rotatable bonds is 7. The fraction of sp³-hybridized carbons (Fsp3) is 0.684. The molecule has 1 aliphatic heterocycles. The van der Waals surface area contributed by atoms with Crippen LogP contribution in [0.2, 0.25) is 0 Å². The quantitative estimate of drug-likeness (QED) is 0.763. The van der Waals surface area contributed by atoms with Gasteiger partial charge in [-0.2, -0.15) is 0 Å². The van der Waals surface area contributed by atoms with E-state index in [1.165, 1.54) is 50.8 Å². The number of nitrogens with zero attached hydrogens (tertiary/aromatic N) is 1. The predicted molar refractivity (Wildman–Crippen MR) is 91.6 cm³/mol. The van der Waals surface area contributed by atoms with Gasteiger partial charge in [0.25, 0.3) is 0 Å². The molecule has 0 aromatic heterocycles. The Morgan fingerprint density at radius 1 is 1.00 bits per heavy atom. The van der Waals surface area contributed by atoms with Crippen LogP contribution >= 0.6 is 0 Å². The Kier molecular flexibility index (Phi) is 6.25. The fourth-order valence-electron chi connectivity index (χ4n) is 3.02. The van der Waals surface area contributed by atoms with Crippen molar-refractivity contribution in [1.82, 2.24) is 10.2 Å². The molecular formula is C19H32N2. The van der Waals surface area contributed by atoms with E-state index in [1.54, 1.807) is 5.56 Å². The number of fused-ring (bicyclic) bond motifs is 1. The minimum atomic E-state index is 0.265. The van der Waals surface area contributed by atoms with E-state index in [1.807, 2.05) is 0 Å². The molecule has 1 aromatic rings. The molecule has 2 rings (SSSR count). The van der Waals surface area contributed by atoms with Gasteiger partial charge in [-0.05, 0) is 64.3 Å². The van der Waals surface area contributed by atoms with Crippen molar-refractivity contribution in [2.75, 3.05) is 19.6 Å². The number of hydrogen-bond donors (Lipinski definition) is 1. The zero-order chi connectivity index (χ0) is 15.1. The first-order valence-electron chi connectivity index (χ1n) is 8.59. The van der Waals surface area contributed by atoms with Crippen LogP contribution in [0.15, 0.2) is 24.3 Å². The van der Waals surface area contributed by atoms with Crippen molar-refractivity contribution in [3.63, 3.8) is 0 Å². The third kappa shape index (κ3) is 6.19. The van der Waals surface area contributed by atoms with Gasteiger partial charge in [0, 0.05) is 18.6 Å². The Balaban J connectivity index is 1.54. The van der Waals surface area contributed by atoms with Crippen LogP contribution in [0.1, 0.15) is 57.6 Å². The highest BCUT2D eigenvalue weighted by molar-refractivity contribution is 5.28. The van der Waals surface area contributed by atoms with Crippen LogP contribution in [0.25, 0.3) is 0 Å². The summed E-state index contributed by atoms with van der Waals surface area (Å²) in [5.41, 5.74) is 3.36. The van der Waals surface area contributed by atoms with Gasteiger partial charge < -0.3 is 5.32 Å². The van der Waals surface area contributed by atoms with Gasteiger partial charge in [0.05, 0.1) is 0 Å². The van der Waals surface area contributed by atoms with Crippen LogP contribution in [-0.4, -0.2) is 30.1 Å². The number of hydrogen-bond acceptors (Lipinski definition) is 2. The molecule has 0 saturated heterocycles. The highest BCUT2D eigenvalue weighted by atomic mass is 15.1. The summed E-state index contributed by atoms with van der Waals surface area (Å²) in [6, 6.07) is 8.92. The first-order chi connectivity index (χ1) is 10.0. The van der Waals surface area contributed by atoms with Gasteiger partial charge in [0.2, 0.25) is 0 Å². The van der Waals surface area contributed by atoms with Crippen molar-refractivity contribution in [1.29, 1.82) is 0 Å². The molecule has 0 atom stereocenters. The summed E-state index contributed by atoms with van der Waals surface area (Å²) in [7, 11) is 0. The molecule has 2 nitrogen and oxygen atoms in total. The lowest BCUT2D eigenvalue weighted by molar-refractivity contribution is 0.248. The number of nitrogens with one attached hydrogen (secondary N) is 1. The molecule has 1 aromatic carbocycles. The molecule has 0 saturated carbocycles. The molecule has 118 valence electrons. The lowest BCUT2D eigenvalue weighted by Crippen LogP contribution is -2.36. The molecule has 0 aliphatic carbocycles. The average molecular weight is 288 g/mol. The molecule has 2 heteroatoms. The van der Waals surface area contributed by atoms with Gasteiger partial charge in [-0.1, -0.05) is 37.1 Å². The molecule has 1 heterocycles. The van der Waals surface area contributed by atoms with Crippen molar-refractivity contribution < 1.29 is 0 Å². The molecule has 0 fully saturated rings. The van der Waals surface area contributed by atoms with E-state index in [2.05, 4.69) is 55.3 Å². The van der Waals surface area contributed by atoms with Crippen LogP contribution in [0.5, 0.6) is 0 Å². The maximum absolute atomic E-state index is 3.56. The molecular weight excluding hydrogens is 256 g/mol. The highest BCUT2D eigenvalue weighted by Gasteiger charge is 2.14. The Morgan fingerprint density at radius 2 is 1.71 bits per heavy atom. The van der Waals surface area contributed by atoms with Crippen molar-refractivity contribution in [3.8, 4) is 0 Å². The zero-order valence-electron chi connectivity index (χ0n) is 14.1. The van der Waals surface area contributed by atoms with Gasteiger partial charge in [0.1, 0.15) is 0 Å². The average Bonchev–Trinajstić information content (AvgIpc) is 2.45. The standard InChI is InChI=1S/C19H32N2/c1-19(2,3)20-13-8-4-5-9-14-21-15-12-17-10-6-7-11-18(17)16-21/h6-7,10-11,20H,4-5,8-9,12-16H2,1-3H3. The topological polar surface area (TPSA) is 15.3 Å². The van der Waals surface area contributed by atoms with E-state index in [9.17, 15) is 0 Å². The van der Waals surface area contributed by atoms with Gasteiger partial charge in [-0.25, -0.2) is 0 Å². The van der Waals surface area contributed by atoms with Crippen molar-refractivity contribution in [2.24, 2.45) is 0 Å². The smallest absolute Gasteiger partial charge is 0.0236 e. The summed E-state index contributed by atoms with van der Waals surface area (Å²) < 4.78 is 0. The molecule has 0 amide bonds. The minimum Gasteiger partial charge on any atom is -0.312 e. The summed E-state index contributed by atoms with van der Waals surface area (Å²) in [4.78, 5) is 2.62. The summed E-state index contributed by atoms with van der Waals surface area (Å²) >= 11 is 0. The van der Waals surface area contributed by atoms with Crippen LogP contribution < -0.4 is 5.32 Å². The second kappa shape index (κ2) is 7.95. The molecule has 21 heavy (non-hydrogen) atoms. The van der Waals surface area contributed by atoms with E-state index in [-0.39, 0.29) is 5.54 Å². The fourth-order valence-corrected chi connectivity index (χ4v) is 3.02. The molecule has 0 radical (unpaired) electrons. The zero-order valence-corrected chi connectivity index (χ0v) is 14.1. The summed E-state index contributed by atoms with van der Waals surface area (Å²) in [5, 5.41) is 3.56. The van der Waals surface area contributed by atoms with E-state index >= 15 is 0 Å². The van der Waals surface area contributed by atoms with E-state index in [0.29, 0.717) is 0 Å².